The third-order valence-electron chi connectivity index (χ3n) is 6.39. The molecule has 8 nitrogen and oxygen atoms in total. The van der Waals surface area contributed by atoms with Gasteiger partial charge in [0, 0.05) is 13.6 Å². The summed E-state index contributed by atoms with van der Waals surface area (Å²) >= 11 is 0. The lowest BCUT2D eigenvalue weighted by Gasteiger charge is -2.33. The first-order valence-corrected chi connectivity index (χ1v) is 13.9. The van der Waals surface area contributed by atoms with Crippen LogP contribution in [0.5, 0.6) is 5.75 Å². The number of rotatable bonds is 11. The Bertz CT molecular complexity index is 1410. The van der Waals surface area contributed by atoms with Crippen LogP contribution in [0, 0.1) is 19.7 Å². The standard InChI is InChI=1S/C29H34FN3O5S/c1-6-25(29(35)31-4)32(18-22-10-12-23(30)13-11-22)28(34)19-33(26-17-21(3)9-16-27(26)38-5)39(36,37)24-14-7-20(2)8-15-24/h7-17,25H,6,18-19H2,1-5H3,(H,31,35). The van der Waals surface area contributed by atoms with Gasteiger partial charge < -0.3 is 15.0 Å². The number of nitrogens with one attached hydrogen (secondary N) is 1. The zero-order valence-corrected chi connectivity index (χ0v) is 23.6. The lowest BCUT2D eigenvalue weighted by molar-refractivity contribution is -0.140. The summed E-state index contributed by atoms with van der Waals surface area (Å²) in [6, 6.07) is 16.1. The van der Waals surface area contributed by atoms with Crippen LogP contribution in [0.25, 0.3) is 0 Å². The van der Waals surface area contributed by atoms with Crippen LogP contribution in [0.4, 0.5) is 10.1 Å². The average Bonchev–Trinajstić information content (AvgIpc) is 2.92. The van der Waals surface area contributed by atoms with Crippen molar-refractivity contribution in [1.29, 1.82) is 0 Å². The molecule has 0 radical (unpaired) electrons. The van der Waals surface area contributed by atoms with Gasteiger partial charge in [-0.05, 0) is 67.8 Å². The molecule has 1 atom stereocenters. The predicted molar refractivity (Wildman–Crippen MR) is 149 cm³/mol. The molecule has 0 saturated carbocycles. The summed E-state index contributed by atoms with van der Waals surface area (Å²) in [7, 11) is -1.34. The van der Waals surface area contributed by atoms with Crippen molar-refractivity contribution in [2.75, 3.05) is 25.0 Å². The molecule has 0 aromatic heterocycles. The van der Waals surface area contributed by atoms with Crippen molar-refractivity contribution in [2.45, 2.75) is 44.7 Å². The van der Waals surface area contributed by atoms with Gasteiger partial charge in [-0.3, -0.25) is 13.9 Å². The normalized spacial score (nSPS) is 11.9. The number of carbonyl (C=O) groups excluding carboxylic acids is 2. The Morgan fingerprint density at radius 3 is 2.15 bits per heavy atom. The number of nitrogens with zero attached hydrogens (tertiary/aromatic N) is 2. The van der Waals surface area contributed by atoms with Crippen molar-refractivity contribution < 1.29 is 27.1 Å². The number of hydrogen-bond donors (Lipinski definition) is 1. The van der Waals surface area contributed by atoms with Gasteiger partial charge in [0.2, 0.25) is 11.8 Å². The second-order valence-corrected chi connectivity index (χ2v) is 11.0. The molecule has 10 heteroatoms. The SMILES string of the molecule is CCC(C(=O)NC)N(Cc1ccc(F)cc1)C(=O)CN(c1cc(C)ccc1OC)S(=O)(=O)c1ccc(C)cc1. The minimum atomic E-state index is -4.23. The molecule has 1 N–H and O–H groups in total. The number of amides is 2. The molecule has 3 rings (SSSR count). The number of halogens is 1. The summed E-state index contributed by atoms with van der Waals surface area (Å²) in [5.74, 6) is -1.16. The summed E-state index contributed by atoms with van der Waals surface area (Å²) < 4.78 is 48.0. The van der Waals surface area contributed by atoms with E-state index in [1.54, 1.807) is 44.2 Å². The van der Waals surface area contributed by atoms with E-state index in [0.29, 0.717) is 5.56 Å². The molecule has 0 bridgehead atoms. The van der Waals surface area contributed by atoms with Crippen molar-refractivity contribution >= 4 is 27.5 Å². The van der Waals surface area contributed by atoms with Gasteiger partial charge >= 0.3 is 0 Å². The van der Waals surface area contributed by atoms with Crippen molar-refractivity contribution in [3.05, 3.63) is 89.2 Å². The molecule has 1 unspecified atom stereocenters. The predicted octanol–water partition coefficient (Wildman–Crippen LogP) is 4.20. The highest BCUT2D eigenvalue weighted by molar-refractivity contribution is 7.92. The third kappa shape index (κ3) is 6.94. The molecule has 0 aliphatic heterocycles. The first kappa shape index (κ1) is 29.6. The second-order valence-electron chi connectivity index (χ2n) is 9.19. The van der Waals surface area contributed by atoms with Gasteiger partial charge in [-0.2, -0.15) is 0 Å². The van der Waals surface area contributed by atoms with E-state index in [2.05, 4.69) is 5.32 Å². The minimum absolute atomic E-state index is 0.00730. The molecular weight excluding hydrogens is 521 g/mol. The summed E-state index contributed by atoms with van der Waals surface area (Å²) in [5, 5.41) is 2.57. The number of likely N-dealkylation sites (N-methyl/N-ethyl adjacent to an activating group) is 1. The molecule has 3 aromatic carbocycles. The fourth-order valence-corrected chi connectivity index (χ4v) is 5.63. The quantitative estimate of drug-likeness (QED) is 0.383. The number of aryl methyl sites for hydroxylation is 2. The van der Waals surface area contributed by atoms with Crippen LogP contribution in [-0.4, -0.2) is 51.9 Å². The maximum absolute atomic E-state index is 14.0. The minimum Gasteiger partial charge on any atom is -0.495 e. The first-order chi connectivity index (χ1) is 18.5. The van der Waals surface area contributed by atoms with E-state index >= 15 is 0 Å². The summed E-state index contributed by atoms with van der Waals surface area (Å²) in [4.78, 5) is 28.1. The Hall–Kier alpha value is -3.92. The van der Waals surface area contributed by atoms with Crippen LogP contribution >= 0.6 is 0 Å². The van der Waals surface area contributed by atoms with Gasteiger partial charge in [-0.15, -0.1) is 0 Å². The van der Waals surface area contributed by atoms with E-state index in [1.807, 2.05) is 6.92 Å². The highest BCUT2D eigenvalue weighted by atomic mass is 32.2. The summed E-state index contributed by atoms with van der Waals surface area (Å²) in [5.41, 5.74) is 2.43. The van der Waals surface area contributed by atoms with Crippen LogP contribution in [0.15, 0.2) is 71.6 Å². The number of benzene rings is 3. The van der Waals surface area contributed by atoms with E-state index in [1.165, 1.54) is 55.5 Å². The number of hydrogen-bond acceptors (Lipinski definition) is 5. The molecule has 0 aliphatic carbocycles. The van der Waals surface area contributed by atoms with E-state index in [-0.39, 0.29) is 29.3 Å². The molecule has 2 amide bonds. The number of methoxy groups -OCH3 is 1. The second kappa shape index (κ2) is 12.8. The lowest BCUT2D eigenvalue weighted by atomic mass is 10.1. The molecule has 0 spiro atoms. The Morgan fingerprint density at radius 1 is 0.974 bits per heavy atom. The van der Waals surface area contributed by atoms with Gasteiger partial charge in [0.25, 0.3) is 10.0 Å². The maximum Gasteiger partial charge on any atom is 0.264 e. The zero-order chi connectivity index (χ0) is 28.7. The number of sulfonamides is 1. The highest BCUT2D eigenvalue weighted by Gasteiger charge is 2.34. The van der Waals surface area contributed by atoms with Crippen LogP contribution < -0.4 is 14.4 Å². The fourth-order valence-electron chi connectivity index (χ4n) is 4.22. The molecule has 0 saturated heterocycles. The first-order valence-electron chi connectivity index (χ1n) is 12.5. The number of ether oxygens (including phenoxy) is 1. The summed E-state index contributed by atoms with van der Waals surface area (Å²) in [6.07, 6.45) is 0.283. The van der Waals surface area contributed by atoms with Crippen molar-refractivity contribution in [3.63, 3.8) is 0 Å². The van der Waals surface area contributed by atoms with Gasteiger partial charge in [-0.1, -0.05) is 42.8 Å². The van der Waals surface area contributed by atoms with Crippen LogP contribution in [0.3, 0.4) is 0 Å². The Balaban J connectivity index is 2.12. The van der Waals surface area contributed by atoms with Crippen molar-refractivity contribution in [2.24, 2.45) is 0 Å². The number of carbonyl (C=O) groups is 2. The van der Waals surface area contributed by atoms with Gasteiger partial charge in [0.1, 0.15) is 24.2 Å². The molecular formula is C29H34FN3O5S. The van der Waals surface area contributed by atoms with Gasteiger partial charge in [0.15, 0.2) is 0 Å². The molecule has 39 heavy (non-hydrogen) atoms. The number of anilines is 1. The van der Waals surface area contributed by atoms with E-state index in [0.717, 1.165) is 15.4 Å². The van der Waals surface area contributed by atoms with E-state index in [9.17, 15) is 22.4 Å². The average molecular weight is 556 g/mol. The van der Waals surface area contributed by atoms with Gasteiger partial charge in [-0.25, -0.2) is 12.8 Å². The Morgan fingerprint density at radius 2 is 1.59 bits per heavy atom. The third-order valence-corrected chi connectivity index (χ3v) is 8.16. The Labute approximate surface area is 229 Å². The van der Waals surface area contributed by atoms with Crippen LogP contribution in [0.2, 0.25) is 0 Å². The molecule has 208 valence electrons. The Kier molecular flexibility index (Phi) is 9.69. The molecule has 3 aromatic rings. The van der Waals surface area contributed by atoms with Crippen LogP contribution in [0.1, 0.15) is 30.0 Å². The summed E-state index contributed by atoms with van der Waals surface area (Å²) in [6.45, 7) is 4.80. The molecule has 0 heterocycles. The zero-order valence-electron chi connectivity index (χ0n) is 22.8. The monoisotopic (exact) mass is 555 g/mol. The van der Waals surface area contributed by atoms with E-state index in [4.69, 9.17) is 4.74 Å². The van der Waals surface area contributed by atoms with Crippen molar-refractivity contribution in [3.8, 4) is 5.75 Å². The topological polar surface area (TPSA) is 96.0 Å². The van der Waals surface area contributed by atoms with Crippen molar-refractivity contribution in [1.82, 2.24) is 10.2 Å². The van der Waals surface area contributed by atoms with Gasteiger partial charge in [0.05, 0.1) is 17.7 Å². The lowest BCUT2D eigenvalue weighted by Crippen LogP contribution is -2.51. The molecule has 0 fully saturated rings. The van der Waals surface area contributed by atoms with Crippen LogP contribution in [-0.2, 0) is 26.2 Å². The highest BCUT2D eigenvalue weighted by Crippen LogP contribution is 2.34. The smallest absolute Gasteiger partial charge is 0.264 e. The maximum atomic E-state index is 14.0. The largest absolute Gasteiger partial charge is 0.495 e. The fraction of sp³-hybridized carbons (Fsp3) is 0.310. The van der Waals surface area contributed by atoms with E-state index < -0.39 is 40.2 Å². The molecule has 0 aliphatic rings.